The normalized spacial score (nSPS) is 10.8. The molecule has 18 heavy (non-hydrogen) atoms. The van der Waals surface area contributed by atoms with Gasteiger partial charge in [0.25, 0.3) is 0 Å². The first kappa shape index (κ1) is 13.2. The average Bonchev–Trinajstić information content (AvgIpc) is 2.82. The summed E-state index contributed by atoms with van der Waals surface area (Å²) in [6.07, 6.45) is 5.46. The van der Waals surface area contributed by atoms with E-state index in [4.69, 9.17) is 4.74 Å². The fraction of sp³-hybridized carbons (Fsp3) is 0.333. The van der Waals surface area contributed by atoms with E-state index in [-0.39, 0.29) is 0 Å². The molecule has 2 aromatic heterocycles. The fourth-order valence-electron chi connectivity index (χ4n) is 1.49. The molecule has 0 spiro atoms. The van der Waals surface area contributed by atoms with E-state index in [0.717, 1.165) is 28.9 Å². The highest BCUT2D eigenvalue weighted by molar-refractivity contribution is 9.10. The van der Waals surface area contributed by atoms with Crippen molar-refractivity contribution in [2.24, 2.45) is 0 Å². The molecular formula is C12H15BrN4O. The maximum Gasteiger partial charge on any atom is 0.153 e. The highest BCUT2D eigenvalue weighted by Crippen LogP contribution is 2.10. The Kier molecular flexibility index (Phi) is 4.86. The maximum atomic E-state index is 4.96. The van der Waals surface area contributed by atoms with Crippen LogP contribution in [-0.4, -0.2) is 35.0 Å². The summed E-state index contributed by atoms with van der Waals surface area (Å²) >= 11 is 3.36. The third-order valence-electron chi connectivity index (χ3n) is 2.41. The summed E-state index contributed by atoms with van der Waals surface area (Å²) in [4.78, 5) is 4.37. The lowest BCUT2D eigenvalue weighted by Crippen LogP contribution is -2.18. The highest BCUT2D eigenvalue weighted by atomic mass is 79.9. The van der Waals surface area contributed by atoms with Gasteiger partial charge in [-0.25, -0.2) is 9.67 Å². The lowest BCUT2D eigenvalue weighted by atomic mass is 10.3. The number of methoxy groups -OCH3 is 1. The summed E-state index contributed by atoms with van der Waals surface area (Å²) in [5.41, 5.74) is 1.14. The van der Waals surface area contributed by atoms with Gasteiger partial charge in [-0.15, -0.1) is 0 Å². The third kappa shape index (κ3) is 3.63. The van der Waals surface area contributed by atoms with Crippen molar-refractivity contribution in [3.63, 3.8) is 0 Å². The lowest BCUT2D eigenvalue weighted by Gasteiger charge is -2.05. The van der Waals surface area contributed by atoms with Crippen molar-refractivity contribution in [3.05, 3.63) is 40.8 Å². The third-order valence-corrected chi connectivity index (χ3v) is 2.82. The van der Waals surface area contributed by atoms with Crippen LogP contribution in [0, 0.1) is 0 Å². The molecule has 1 N–H and O–H groups in total. The standard InChI is InChI=1S/C12H15BrN4O/c1-18-5-4-14-6-10-2-3-12(15-7-10)17-9-11(13)8-16-17/h2-3,7-9,14H,4-6H2,1H3. The Bertz CT molecular complexity index is 483. The predicted molar refractivity (Wildman–Crippen MR) is 72.6 cm³/mol. The first-order valence-corrected chi connectivity index (χ1v) is 6.44. The molecule has 0 bridgehead atoms. The van der Waals surface area contributed by atoms with Crippen LogP contribution < -0.4 is 5.32 Å². The molecule has 0 radical (unpaired) electrons. The molecule has 2 rings (SSSR count). The van der Waals surface area contributed by atoms with Gasteiger partial charge < -0.3 is 10.1 Å². The smallest absolute Gasteiger partial charge is 0.153 e. The van der Waals surface area contributed by atoms with Gasteiger partial charge in [0.2, 0.25) is 0 Å². The molecule has 96 valence electrons. The zero-order valence-corrected chi connectivity index (χ0v) is 11.7. The topological polar surface area (TPSA) is 52.0 Å². The second-order valence-electron chi connectivity index (χ2n) is 3.80. The molecule has 0 aliphatic heterocycles. The summed E-state index contributed by atoms with van der Waals surface area (Å²) in [5.74, 6) is 0.807. The van der Waals surface area contributed by atoms with Gasteiger partial charge in [-0.05, 0) is 27.6 Å². The second kappa shape index (κ2) is 6.63. The number of hydrogen-bond acceptors (Lipinski definition) is 4. The van der Waals surface area contributed by atoms with E-state index in [0.29, 0.717) is 6.61 Å². The van der Waals surface area contributed by atoms with Crippen molar-refractivity contribution >= 4 is 15.9 Å². The number of halogens is 1. The molecule has 0 fully saturated rings. The van der Waals surface area contributed by atoms with Crippen LogP contribution in [0.3, 0.4) is 0 Å². The van der Waals surface area contributed by atoms with Gasteiger partial charge >= 0.3 is 0 Å². The van der Waals surface area contributed by atoms with Crippen LogP contribution in [0.1, 0.15) is 5.56 Å². The van der Waals surface area contributed by atoms with Crippen LogP contribution in [0.15, 0.2) is 35.2 Å². The van der Waals surface area contributed by atoms with Crippen molar-refractivity contribution < 1.29 is 4.74 Å². The summed E-state index contributed by atoms with van der Waals surface area (Å²) in [6.45, 7) is 2.34. The van der Waals surface area contributed by atoms with Crippen molar-refractivity contribution in [1.82, 2.24) is 20.1 Å². The van der Waals surface area contributed by atoms with Crippen molar-refractivity contribution in [3.8, 4) is 5.82 Å². The Hall–Kier alpha value is -1.24. The monoisotopic (exact) mass is 310 g/mol. The number of rotatable bonds is 6. The van der Waals surface area contributed by atoms with E-state index in [9.17, 15) is 0 Å². The van der Waals surface area contributed by atoms with E-state index < -0.39 is 0 Å². The molecule has 0 unspecified atom stereocenters. The van der Waals surface area contributed by atoms with Crippen molar-refractivity contribution in [2.45, 2.75) is 6.54 Å². The van der Waals surface area contributed by atoms with Gasteiger partial charge in [-0.3, -0.25) is 0 Å². The van der Waals surface area contributed by atoms with Gasteiger partial charge in [0.15, 0.2) is 5.82 Å². The molecule has 0 aliphatic rings. The lowest BCUT2D eigenvalue weighted by molar-refractivity contribution is 0.199. The molecule has 5 nitrogen and oxygen atoms in total. The van der Waals surface area contributed by atoms with Gasteiger partial charge in [0.1, 0.15) is 0 Å². The van der Waals surface area contributed by atoms with Gasteiger partial charge in [-0.1, -0.05) is 6.07 Å². The average molecular weight is 311 g/mol. The zero-order chi connectivity index (χ0) is 12.8. The van der Waals surface area contributed by atoms with Gasteiger partial charge in [-0.2, -0.15) is 5.10 Å². The number of nitrogens with one attached hydrogen (secondary N) is 1. The molecule has 0 saturated heterocycles. The molecule has 0 atom stereocenters. The molecule has 2 aromatic rings. The Morgan fingerprint density at radius 2 is 2.28 bits per heavy atom. The Morgan fingerprint density at radius 1 is 1.39 bits per heavy atom. The number of hydrogen-bond donors (Lipinski definition) is 1. The number of aromatic nitrogens is 3. The van der Waals surface area contributed by atoms with E-state index in [1.807, 2.05) is 24.5 Å². The quantitative estimate of drug-likeness (QED) is 0.826. The SMILES string of the molecule is COCCNCc1ccc(-n2cc(Br)cn2)nc1. The summed E-state index contributed by atoms with van der Waals surface area (Å²) in [6, 6.07) is 3.99. The minimum Gasteiger partial charge on any atom is -0.383 e. The number of nitrogens with zero attached hydrogens (tertiary/aromatic N) is 3. The minimum atomic E-state index is 0.715. The molecule has 2 heterocycles. The van der Waals surface area contributed by atoms with Crippen LogP contribution in [0.4, 0.5) is 0 Å². The van der Waals surface area contributed by atoms with Gasteiger partial charge in [0.05, 0.1) is 17.3 Å². The van der Waals surface area contributed by atoms with Crippen LogP contribution in [0.2, 0.25) is 0 Å². The Balaban J connectivity index is 1.93. The van der Waals surface area contributed by atoms with Crippen LogP contribution in [0.5, 0.6) is 0 Å². The number of pyridine rings is 1. The van der Waals surface area contributed by atoms with Crippen molar-refractivity contribution in [1.29, 1.82) is 0 Å². The van der Waals surface area contributed by atoms with Crippen molar-refractivity contribution in [2.75, 3.05) is 20.3 Å². The van der Waals surface area contributed by atoms with E-state index in [2.05, 4.69) is 31.3 Å². The molecule has 6 heteroatoms. The Morgan fingerprint density at radius 3 is 2.89 bits per heavy atom. The predicted octanol–water partition coefficient (Wildman–Crippen LogP) is 1.77. The second-order valence-corrected chi connectivity index (χ2v) is 4.71. The van der Waals surface area contributed by atoms with E-state index >= 15 is 0 Å². The summed E-state index contributed by atoms with van der Waals surface area (Å²) in [7, 11) is 1.69. The summed E-state index contributed by atoms with van der Waals surface area (Å²) in [5, 5.41) is 7.45. The highest BCUT2D eigenvalue weighted by Gasteiger charge is 2.00. The largest absolute Gasteiger partial charge is 0.383 e. The first-order valence-electron chi connectivity index (χ1n) is 5.65. The maximum absolute atomic E-state index is 4.96. The van der Waals surface area contributed by atoms with E-state index in [1.165, 1.54) is 0 Å². The molecule has 0 saturated carbocycles. The molecular weight excluding hydrogens is 296 g/mol. The minimum absolute atomic E-state index is 0.715. The van der Waals surface area contributed by atoms with E-state index in [1.54, 1.807) is 18.0 Å². The van der Waals surface area contributed by atoms with Crippen LogP contribution in [-0.2, 0) is 11.3 Å². The molecule has 0 aromatic carbocycles. The Labute approximate surface area is 114 Å². The zero-order valence-electron chi connectivity index (χ0n) is 10.1. The summed E-state index contributed by atoms with van der Waals surface area (Å²) < 4.78 is 7.63. The van der Waals surface area contributed by atoms with Crippen LogP contribution >= 0.6 is 15.9 Å². The fourth-order valence-corrected chi connectivity index (χ4v) is 1.78. The van der Waals surface area contributed by atoms with Crippen LogP contribution in [0.25, 0.3) is 5.82 Å². The van der Waals surface area contributed by atoms with Gasteiger partial charge in [0, 0.05) is 32.6 Å². The first-order chi connectivity index (χ1) is 8.79. The molecule has 0 aliphatic carbocycles. The number of ether oxygens (including phenoxy) is 1. The molecule has 0 amide bonds.